The maximum absolute atomic E-state index is 5.44. The van der Waals surface area contributed by atoms with Crippen LogP contribution in [-0.2, 0) is 0 Å². The lowest BCUT2D eigenvalue weighted by Gasteiger charge is -2.15. The van der Waals surface area contributed by atoms with Crippen LogP contribution in [0.15, 0.2) is 48.8 Å². The molecule has 1 N–H and O–H groups in total. The summed E-state index contributed by atoms with van der Waals surface area (Å²) in [6.07, 6.45) is 1.56. The van der Waals surface area contributed by atoms with Crippen molar-refractivity contribution in [1.82, 2.24) is 9.97 Å². The van der Waals surface area contributed by atoms with Gasteiger partial charge >= 0.3 is 0 Å². The number of aromatic nitrogens is 2. The molecule has 2 heterocycles. The molecule has 4 rings (SSSR count). The Kier molecular flexibility index (Phi) is 5.72. The summed E-state index contributed by atoms with van der Waals surface area (Å²) in [5.74, 6) is 2.42. The summed E-state index contributed by atoms with van der Waals surface area (Å²) in [6.45, 7) is 0. The van der Waals surface area contributed by atoms with E-state index in [9.17, 15) is 0 Å². The van der Waals surface area contributed by atoms with Crippen LogP contribution in [0.5, 0.6) is 17.2 Å². The summed E-state index contributed by atoms with van der Waals surface area (Å²) in [5, 5.41) is 3.36. The van der Waals surface area contributed by atoms with E-state index in [4.69, 9.17) is 14.2 Å². The molecule has 0 aliphatic carbocycles. The third-order valence-electron chi connectivity index (χ3n) is 4.37. The second-order valence-corrected chi connectivity index (χ2v) is 8.39. The van der Waals surface area contributed by atoms with Crippen molar-refractivity contribution in [3.05, 3.63) is 52.4 Å². The Balaban J connectivity index is 1.74. The maximum Gasteiger partial charge on any atom is 0.203 e. The highest BCUT2D eigenvalue weighted by Gasteiger charge is 2.15. The molecule has 0 aliphatic heterocycles. The number of nitrogens with one attached hydrogen (secondary N) is 1. The number of anilines is 2. The van der Waals surface area contributed by atoms with E-state index in [2.05, 4.69) is 68.2 Å². The Hall–Kier alpha value is -2.59. The molecule has 0 spiro atoms. The minimum atomic E-state index is 0.547. The second-order valence-electron chi connectivity index (χ2n) is 6.09. The van der Waals surface area contributed by atoms with Crippen LogP contribution in [0.3, 0.4) is 0 Å². The van der Waals surface area contributed by atoms with E-state index in [0.717, 1.165) is 32.2 Å². The van der Waals surface area contributed by atoms with E-state index in [1.54, 1.807) is 39.0 Å². The Bertz CT molecular complexity index is 1140. The molecule has 0 radical (unpaired) electrons. The van der Waals surface area contributed by atoms with Crippen molar-refractivity contribution in [2.75, 3.05) is 26.6 Å². The number of halogens is 1. The number of hydrogen-bond donors (Lipinski definition) is 1. The highest BCUT2D eigenvalue weighted by molar-refractivity contribution is 14.1. The van der Waals surface area contributed by atoms with Gasteiger partial charge in [-0.15, -0.1) is 11.3 Å². The van der Waals surface area contributed by atoms with Crippen LogP contribution < -0.4 is 19.5 Å². The summed E-state index contributed by atoms with van der Waals surface area (Å²) < 4.78 is 18.5. The molecule has 29 heavy (non-hydrogen) atoms. The predicted octanol–water partition coefficient (Wildman–Crippen LogP) is 5.73. The molecule has 148 valence electrons. The van der Waals surface area contributed by atoms with Gasteiger partial charge < -0.3 is 19.5 Å². The summed E-state index contributed by atoms with van der Waals surface area (Å²) in [7, 11) is 4.77. The van der Waals surface area contributed by atoms with E-state index in [1.807, 2.05) is 12.1 Å². The molecule has 0 bridgehead atoms. The van der Waals surface area contributed by atoms with Gasteiger partial charge in [-0.1, -0.05) is 12.1 Å². The van der Waals surface area contributed by atoms with Crippen molar-refractivity contribution in [2.24, 2.45) is 0 Å². The monoisotopic (exact) mass is 519 g/mol. The van der Waals surface area contributed by atoms with Crippen molar-refractivity contribution in [3.8, 4) is 27.7 Å². The van der Waals surface area contributed by atoms with E-state index < -0.39 is 0 Å². The fraction of sp³-hybridized carbons (Fsp3) is 0.143. The van der Waals surface area contributed by atoms with Gasteiger partial charge in [0.15, 0.2) is 17.3 Å². The summed E-state index contributed by atoms with van der Waals surface area (Å²) in [6, 6.07) is 14.2. The molecule has 0 aliphatic rings. The van der Waals surface area contributed by atoms with Crippen LogP contribution in [-0.4, -0.2) is 31.3 Å². The Morgan fingerprint density at radius 3 is 2.21 bits per heavy atom. The number of rotatable bonds is 6. The van der Waals surface area contributed by atoms with Crippen LogP contribution in [0.4, 0.5) is 11.5 Å². The van der Waals surface area contributed by atoms with E-state index >= 15 is 0 Å². The van der Waals surface area contributed by atoms with Gasteiger partial charge in [-0.05, 0) is 46.4 Å². The molecule has 2 aromatic heterocycles. The van der Waals surface area contributed by atoms with Crippen LogP contribution in [0.25, 0.3) is 20.7 Å². The average molecular weight is 519 g/mol. The number of hydrogen-bond acceptors (Lipinski definition) is 7. The van der Waals surface area contributed by atoms with Crippen LogP contribution in [0.1, 0.15) is 0 Å². The van der Waals surface area contributed by atoms with Gasteiger partial charge in [-0.25, -0.2) is 9.97 Å². The molecule has 6 nitrogen and oxygen atoms in total. The normalized spacial score (nSPS) is 10.8. The SMILES string of the molecule is COc1cc(Nc2ncnc3cc(-c4ccc(I)cc4)sc23)cc(OC)c1OC. The molecular weight excluding hydrogens is 501 g/mol. The van der Waals surface area contributed by atoms with E-state index in [1.165, 1.54) is 3.57 Å². The summed E-state index contributed by atoms with van der Waals surface area (Å²) in [5.41, 5.74) is 2.84. The lowest BCUT2D eigenvalue weighted by atomic mass is 10.2. The van der Waals surface area contributed by atoms with Crippen molar-refractivity contribution in [2.45, 2.75) is 0 Å². The van der Waals surface area contributed by atoms with Crippen LogP contribution in [0, 0.1) is 3.57 Å². The third-order valence-corrected chi connectivity index (χ3v) is 6.27. The fourth-order valence-electron chi connectivity index (χ4n) is 2.99. The first kappa shape index (κ1) is 19.7. The number of thiophene rings is 1. The largest absolute Gasteiger partial charge is 0.493 e. The van der Waals surface area contributed by atoms with Gasteiger partial charge in [0, 0.05) is 26.3 Å². The van der Waals surface area contributed by atoms with Crippen molar-refractivity contribution >= 4 is 55.6 Å². The molecular formula is C21H18IN3O3S. The van der Waals surface area contributed by atoms with Crippen molar-refractivity contribution < 1.29 is 14.2 Å². The van der Waals surface area contributed by atoms with Gasteiger partial charge in [0.2, 0.25) is 5.75 Å². The van der Waals surface area contributed by atoms with Crippen LogP contribution in [0.2, 0.25) is 0 Å². The number of nitrogens with zero attached hydrogens (tertiary/aromatic N) is 2. The first-order valence-corrected chi connectivity index (χ1v) is 10.6. The molecule has 4 aromatic rings. The quantitative estimate of drug-likeness (QED) is 0.328. The predicted molar refractivity (Wildman–Crippen MR) is 125 cm³/mol. The molecule has 0 saturated heterocycles. The summed E-state index contributed by atoms with van der Waals surface area (Å²) in [4.78, 5) is 10.0. The van der Waals surface area contributed by atoms with Gasteiger partial charge in [0.1, 0.15) is 6.33 Å². The first-order chi connectivity index (χ1) is 14.1. The molecule has 0 fully saturated rings. The Morgan fingerprint density at radius 2 is 1.59 bits per heavy atom. The smallest absolute Gasteiger partial charge is 0.203 e. The van der Waals surface area contributed by atoms with E-state index in [-0.39, 0.29) is 0 Å². The third kappa shape index (κ3) is 3.95. The van der Waals surface area contributed by atoms with Gasteiger partial charge in [-0.2, -0.15) is 0 Å². The lowest BCUT2D eigenvalue weighted by molar-refractivity contribution is 0.324. The van der Waals surface area contributed by atoms with Crippen LogP contribution >= 0.6 is 33.9 Å². The molecule has 0 saturated carbocycles. The molecule has 0 unspecified atom stereocenters. The highest BCUT2D eigenvalue weighted by Crippen LogP contribution is 2.42. The highest BCUT2D eigenvalue weighted by atomic mass is 127. The van der Waals surface area contributed by atoms with Crippen molar-refractivity contribution in [3.63, 3.8) is 0 Å². The van der Waals surface area contributed by atoms with Gasteiger partial charge in [0.25, 0.3) is 0 Å². The number of benzene rings is 2. The maximum atomic E-state index is 5.44. The Morgan fingerprint density at radius 1 is 0.897 bits per heavy atom. The minimum absolute atomic E-state index is 0.547. The first-order valence-electron chi connectivity index (χ1n) is 8.70. The molecule has 0 amide bonds. The zero-order chi connectivity index (χ0) is 20.4. The Labute approximate surface area is 186 Å². The topological polar surface area (TPSA) is 65.5 Å². The standard InChI is InChI=1S/C21H18IN3O3S/c1-26-16-8-14(9-17(27-2)19(16)28-3)25-21-20-15(23-11-24-21)10-18(29-20)12-4-6-13(22)7-5-12/h4-11H,1-3H3,(H,23,24,25). The lowest BCUT2D eigenvalue weighted by Crippen LogP contribution is -1.99. The summed E-state index contributed by atoms with van der Waals surface area (Å²) >= 11 is 3.96. The van der Waals surface area contributed by atoms with Gasteiger partial charge in [-0.3, -0.25) is 0 Å². The molecule has 2 aromatic carbocycles. The average Bonchev–Trinajstić information content (AvgIpc) is 3.19. The minimum Gasteiger partial charge on any atom is -0.493 e. The number of methoxy groups -OCH3 is 3. The fourth-order valence-corrected chi connectivity index (χ4v) is 4.41. The zero-order valence-electron chi connectivity index (χ0n) is 16.0. The number of ether oxygens (including phenoxy) is 3. The molecule has 8 heteroatoms. The zero-order valence-corrected chi connectivity index (χ0v) is 19.0. The van der Waals surface area contributed by atoms with Crippen molar-refractivity contribution in [1.29, 1.82) is 0 Å². The van der Waals surface area contributed by atoms with E-state index in [0.29, 0.717) is 17.2 Å². The second kappa shape index (κ2) is 8.42. The van der Waals surface area contributed by atoms with Gasteiger partial charge in [0.05, 0.1) is 31.5 Å². The molecule has 0 atom stereocenters. The number of fused-ring (bicyclic) bond motifs is 1.